The van der Waals surface area contributed by atoms with E-state index in [9.17, 15) is 9.59 Å². The summed E-state index contributed by atoms with van der Waals surface area (Å²) in [7, 11) is 0. The van der Waals surface area contributed by atoms with Gasteiger partial charge in [-0.25, -0.2) is 4.52 Å². The first kappa shape index (κ1) is 23.8. The molecule has 182 valence electrons. The maximum atomic E-state index is 14.3. The van der Waals surface area contributed by atoms with Crippen molar-refractivity contribution in [3.63, 3.8) is 0 Å². The lowest BCUT2D eigenvalue weighted by Gasteiger charge is -2.27. The molecule has 5 aromatic rings. The lowest BCUT2D eigenvalue weighted by molar-refractivity contribution is -0.124. The van der Waals surface area contributed by atoms with Crippen LogP contribution in [0.25, 0.3) is 27.8 Å². The van der Waals surface area contributed by atoms with E-state index in [1.165, 1.54) is 9.08 Å². The van der Waals surface area contributed by atoms with Crippen molar-refractivity contribution in [2.75, 3.05) is 0 Å². The number of aryl methyl sites for hydroxylation is 1. The summed E-state index contributed by atoms with van der Waals surface area (Å²) in [5.41, 5.74) is 3.45. The molecule has 2 heterocycles. The van der Waals surface area contributed by atoms with Crippen molar-refractivity contribution in [1.29, 1.82) is 0 Å². The highest BCUT2D eigenvalue weighted by Gasteiger charge is 2.30. The molecule has 0 aliphatic rings. The van der Waals surface area contributed by atoms with Gasteiger partial charge in [-0.2, -0.15) is 0 Å². The molecule has 2 aromatic heterocycles. The summed E-state index contributed by atoms with van der Waals surface area (Å²) >= 11 is 6.37. The zero-order valence-corrected chi connectivity index (χ0v) is 21.2. The van der Waals surface area contributed by atoms with Crippen LogP contribution in [0.2, 0.25) is 5.02 Å². The third kappa shape index (κ3) is 4.27. The van der Waals surface area contributed by atoms with Gasteiger partial charge in [-0.15, -0.1) is 5.10 Å². The van der Waals surface area contributed by atoms with Crippen LogP contribution < -0.4 is 10.9 Å². The number of nitrogens with one attached hydrogen (secondary N) is 1. The number of nitrogens with zero attached hydrogens (tertiary/aromatic N) is 4. The predicted octanol–water partition coefficient (Wildman–Crippen LogP) is 5.18. The van der Waals surface area contributed by atoms with E-state index in [4.69, 9.17) is 11.6 Å². The molecule has 7 nitrogen and oxygen atoms in total. The molecule has 0 fully saturated rings. The summed E-state index contributed by atoms with van der Waals surface area (Å²) in [6.07, 6.45) is 0. The second kappa shape index (κ2) is 8.91. The van der Waals surface area contributed by atoms with Gasteiger partial charge in [0, 0.05) is 16.1 Å². The van der Waals surface area contributed by atoms with Gasteiger partial charge in [-0.1, -0.05) is 77.0 Å². The van der Waals surface area contributed by atoms with Crippen LogP contribution in [-0.4, -0.2) is 30.8 Å². The standard InChI is InChI=1S/C28H26ClN5O2/c1-17-10-12-19(13-11-17)24(26(35)30-28(2,3)4)33-21-15-14-20(29)16-22(21)34-25(27(33)36)23(31-32-34)18-8-6-5-7-9-18/h5-16,24H,1-4H3,(H,30,35). The summed E-state index contributed by atoms with van der Waals surface area (Å²) in [5.74, 6) is -0.289. The summed E-state index contributed by atoms with van der Waals surface area (Å²) in [4.78, 5) is 28.1. The van der Waals surface area contributed by atoms with Crippen molar-refractivity contribution in [2.45, 2.75) is 39.3 Å². The van der Waals surface area contributed by atoms with Gasteiger partial charge >= 0.3 is 0 Å². The molecule has 1 amide bonds. The molecular weight excluding hydrogens is 474 g/mol. The first-order chi connectivity index (χ1) is 17.1. The number of amides is 1. The molecule has 1 unspecified atom stereocenters. The number of halogens is 1. The quantitative estimate of drug-likeness (QED) is 0.369. The molecule has 0 aliphatic carbocycles. The Morgan fingerprint density at radius 1 is 0.972 bits per heavy atom. The molecule has 1 atom stereocenters. The van der Waals surface area contributed by atoms with Gasteiger partial charge in [-0.3, -0.25) is 14.2 Å². The average molecular weight is 500 g/mol. The average Bonchev–Trinajstić information content (AvgIpc) is 3.28. The fraction of sp³-hybridized carbons (Fsp3) is 0.214. The molecule has 0 saturated carbocycles. The van der Waals surface area contributed by atoms with E-state index in [0.717, 1.165) is 11.1 Å². The third-order valence-electron chi connectivity index (χ3n) is 5.96. The highest BCUT2D eigenvalue weighted by molar-refractivity contribution is 6.31. The van der Waals surface area contributed by atoms with Crippen LogP contribution in [0.5, 0.6) is 0 Å². The minimum Gasteiger partial charge on any atom is -0.349 e. The Hall–Kier alpha value is -3.97. The van der Waals surface area contributed by atoms with E-state index in [-0.39, 0.29) is 17.0 Å². The summed E-state index contributed by atoms with van der Waals surface area (Å²) in [6, 6.07) is 21.3. The number of carbonyl (C=O) groups is 1. The lowest BCUT2D eigenvalue weighted by Crippen LogP contribution is -2.46. The number of hydrogen-bond donors (Lipinski definition) is 1. The second-order valence-corrected chi connectivity index (χ2v) is 10.4. The smallest absolute Gasteiger partial charge is 0.280 e. The lowest BCUT2D eigenvalue weighted by atomic mass is 10.0. The molecule has 1 N–H and O–H groups in total. The minimum absolute atomic E-state index is 0.275. The van der Waals surface area contributed by atoms with Crippen LogP contribution in [0.1, 0.15) is 37.9 Å². The van der Waals surface area contributed by atoms with Crippen molar-refractivity contribution in [3.8, 4) is 11.3 Å². The number of fused-ring (bicyclic) bond motifs is 3. The van der Waals surface area contributed by atoms with Crippen LogP contribution in [0, 0.1) is 6.92 Å². The minimum atomic E-state index is -0.926. The van der Waals surface area contributed by atoms with E-state index < -0.39 is 11.6 Å². The fourth-order valence-electron chi connectivity index (χ4n) is 4.39. The topological polar surface area (TPSA) is 81.3 Å². The van der Waals surface area contributed by atoms with Crippen LogP contribution in [-0.2, 0) is 4.79 Å². The maximum Gasteiger partial charge on any atom is 0.280 e. The molecule has 0 spiro atoms. The monoisotopic (exact) mass is 499 g/mol. The van der Waals surface area contributed by atoms with Crippen LogP contribution >= 0.6 is 11.6 Å². The largest absolute Gasteiger partial charge is 0.349 e. The Morgan fingerprint density at radius 2 is 1.67 bits per heavy atom. The van der Waals surface area contributed by atoms with Crippen molar-refractivity contribution in [2.24, 2.45) is 0 Å². The molecule has 0 aliphatic heterocycles. The van der Waals surface area contributed by atoms with Crippen molar-refractivity contribution in [1.82, 2.24) is 24.7 Å². The van der Waals surface area contributed by atoms with E-state index in [2.05, 4.69) is 15.6 Å². The number of carbonyl (C=O) groups excluding carboxylic acids is 1. The molecule has 8 heteroatoms. The van der Waals surface area contributed by atoms with Crippen molar-refractivity contribution in [3.05, 3.63) is 99.3 Å². The maximum absolute atomic E-state index is 14.3. The SMILES string of the molecule is Cc1ccc(C(C(=O)NC(C)(C)C)n2c(=O)c3c(-c4ccccc4)nnn3c3cc(Cl)ccc32)cc1. The Morgan fingerprint density at radius 3 is 2.33 bits per heavy atom. The van der Waals surface area contributed by atoms with E-state index >= 15 is 0 Å². The zero-order chi connectivity index (χ0) is 25.6. The number of benzene rings is 3. The first-order valence-corrected chi connectivity index (χ1v) is 12.0. The fourth-order valence-corrected chi connectivity index (χ4v) is 4.55. The van der Waals surface area contributed by atoms with E-state index in [0.29, 0.717) is 27.3 Å². The van der Waals surface area contributed by atoms with Gasteiger partial charge in [0.25, 0.3) is 5.56 Å². The van der Waals surface area contributed by atoms with Gasteiger partial charge in [0.15, 0.2) is 5.52 Å². The van der Waals surface area contributed by atoms with Crippen molar-refractivity contribution < 1.29 is 4.79 Å². The van der Waals surface area contributed by atoms with Gasteiger partial charge < -0.3 is 5.32 Å². The van der Waals surface area contributed by atoms with E-state index in [1.54, 1.807) is 18.2 Å². The molecular formula is C28H26ClN5O2. The summed E-state index contributed by atoms with van der Waals surface area (Å²) in [6.45, 7) is 7.72. The molecule has 5 rings (SSSR count). The first-order valence-electron chi connectivity index (χ1n) is 11.7. The number of rotatable bonds is 4. The normalized spacial score (nSPS) is 12.7. The predicted molar refractivity (Wildman–Crippen MR) is 142 cm³/mol. The second-order valence-electron chi connectivity index (χ2n) is 9.93. The van der Waals surface area contributed by atoms with Crippen molar-refractivity contribution >= 4 is 34.1 Å². The van der Waals surface area contributed by atoms with Crippen LogP contribution in [0.3, 0.4) is 0 Å². The Bertz CT molecular complexity index is 1650. The van der Waals surface area contributed by atoms with Gasteiger partial charge in [0.05, 0.1) is 11.0 Å². The van der Waals surface area contributed by atoms with Gasteiger partial charge in [0.2, 0.25) is 5.91 Å². The van der Waals surface area contributed by atoms with Crippen LogP contribution in [0.15, 0.2) is 77.6 Å². The van der Waals surface area contributed by atoms with Gasteiger partial charge in [0.1, 0.15) is 11.7 Å². The van der Waals surface area contributed by atoms with Crippen LogP contribution in [0.4, 0.5) is 0 Å². The molecule has 3 aromatic carbocycles. The Labute approximate surface area is 213 Å². The molecule has 0 saturated heterocycles. The zero-order valence-electron chi connectivity index (χ0n) is 20.5. The highest BCUT2D eigenvalue weighted by Crippen LogP contribution is 2.29. The van der Waals surface area contributed by atoms with E-state index in [1.807, 2.05) is 82.3 Å². The number of aromatic nitrogens is 4. The number of hydrogen-bond acceptors (Lipinski definition) is 4. The Balaban J connectivity index is 1.89. The third-order valence-corrected chi connectivity index (χ3v) is 6.20. The molecule has 0 bridgehead atoms. The molecule has 0 radical (unpaired) electrons. The Kier molecular flexibility index (Phi) is 5.88. The van der Waals surface area contributed by atoms with Gasteiger partial charge in [-0.05, 0) is 51.5 Å². The summed E-state index contributed by atoms with van der Waals surface area (Å²) in [5, 5.41) is 12.2. The molecule has 36 heavy (non-hydrogen) atoms. The highest BCUT2D eigenvalue weighted by atomic mass is 35.5. The summed E-state index contributed by atoms with van der Waals surface area (Å²) < 4.78 is 3.04.